The van der Waals surface area contributed by atoms with Crippen molar-refractivity contribution in [2.45, 2.75) is 19.4 Å². The van der Waals surface area contributed by atoms with E-state index >= 15 is 0 Å². The minimum atomic E-state index is -0.393. The zero-order valence-corrected chi connectivity index (χ0v) is 13.8. The number of halogens is 2. The molecule has 21 heavy (non-hydrogen) atoms. The van der Waals surface area contributed by atoms with Crippen molar-refractivity contribution in [3.8, 4) is 5.75 Å². The molecule has 1 aromatic heterocycles. The molecular weight excluding hydrogens is 339 g/mol. The monoisotopic (exact) mass is 356 g/mol. The first-order chi connectivity index (χ1) is 10.1. The van der Waals surface area contributed by atoms with Crippen molar-refractivity contribution in [2.75, 3.05) is 13.7 Å². The summed E-state index contributed by atoms with van der Waals surface area (Å²) in [5.41, 5.74) is 1.21. The van der Waals surface area contributed by atoms with Gasteiger partial charge in [-0.25, -0.2) is 9.07 Å². The lowest BCUT2D eigenvalue weighted by molar-refractivity contribution is 0.394. The van der Waals surface area contributed by atoms with Crippen LogP contribution >= 0.6 is 15.9 Å². The van der Waals surface area contributed by atoms with E-state index in [0.717, 1.165) is 18.7 Å². The van der Waals surface area contributed by atoms with Crippen molar-refractivity contribution in [2.24, 2.45) is 7.05 Å². The Bertz CT molecular complexity index is 598. The maximum absolute atomic E-state index is 14.4. The molecule has 114 valence electrons. The molecule has 1 heterocycles. The van der Waals surface area contributed by atoms with E-state index in [0.29, 0.717) is 15.9 Å². The van der Waals surface area contributed by atoms with Crippen LogP contribution in [-0.4, -0.2) is 28.6 Å². The largest absolute Gasteiger partial charge is 0.496 e. The average molecular weight is 357 g/mol. The van der Waals surface area contributed by atoms with Gasteiger partial charge in [0.25, 0.3) is 0 Å². The fraction of sp³-hybridized carbons (Fsp3) is 0.429. The Kier molecular flexibility index (Phi) is 5.30. The molecule has 0 aliphatic carbocycles. The van der Waals surface area contributed by atoms with Gasteiger partial charge in [0.1, 0.15) is 11.6 Å². The van der Waals surface area contributed by atoms with Crippen LogP contribution in [0.15, 0.2) is 22.8 Å². The SMILES string of the molecule is CCCNC(c1c(F)cccc1OC)c1c(Br)nnn1C. The van der Waals surface area contributed by atoms with Crippen LogP contribution < -0.4 is 10.1 Å². The van der Waals surface area contributed by atoms with E-state index in [1.807, 2.05) is 0 Å². The third-order valence-corrected chi connectivity index (χ3v) is 3.78. The zero-order chi connectivity index (χ0) is 15.4. The molecule has 0 fully saturated rings. The number of methoxy groups -OCH3 is 1. The van der Waals surface area contributed by atoms with Gasteiger partial charge in [0.05, 0.1) is 24.4 Å². The fourth-order valence-corrected chi connectivity index (χ4v) is 2.80. The summed E-state index contributed by atoms with van der Waals surface area (Å²) in [6.45, 7) is 2.79. The lowest BCUT2D eigenvalue weighted by Crippen LogP contribution is -2.27. The Morgan fingerprint density at radius 3 is 2.81 bits per heavy atom. The fourth-order valence-electron chi connectivity index (χ4n) is 2.24. The van der Waals surface area contributed by atoms with Gasteiger partial charge in [-0.1, -0.05) is 18.2 Å². The zero-order valence-electron chi connectivity index (χ0n) is 12.2. The molecule has 1 atom stereocenters. The maximum Gasteiger partial charge on any atom is 0.153 e. The summed E-state index contributed by atoms with van der Waals surface area (Å²) in [5, 5.41) is 11.3. The topological polar surface area (TPSA) is 52.0 Å². The second kappa shape index (κ2) is 7.00. The Morgan fingerprint density at radius 2 is 2.24 bits per heavy atom. The first-order valence-electron chi connectivity index (χ1n) is 6.71. The normalized spacial score (nSPS) is 12.4. The Morgan fingerprint density at radius 1 is 1.48 bits per heavy atom. The molecule has 1 unspecified atom stereocenters. The van der Waals surface area contributed by atoms with Crippen molar-refractivity contribution >= 4 is 15.9 Å². The van der Waals surface area contributed by atoms with Crippen LogP contribution in [0.2, 0.25) is 0 Å². The summed E-state index contributed by atoms with van der Waals surface area (Å²) in [6.07, 6.45) is 0.927. The van der Waals surface area contributed by atoms with Crippen LogP contribution in [0.25, 0.3) is 0 Å². The van der Waals surface area contributed by atoms with Crippen LogP contribution in [0.5, 0.6) is 5.75 Å². The highest BCUT2D eigenvalue weighted by Gasteiger charge is 2.27. The van der Waals surface area contributed by atoms with Crippen LogP contribution in [0.1, 0.15) is 30.6 Å². The molecule has 0 bridgehead atoms. The standard InChI is InChI=1S/C14H18BrFN4O/c1-4-8-17-12(13-14(15)18-19-20(13)2)11-9(16)6-5-7-10(11)21-3/h5-7,12,17H,4,8H2,1-3H3. The van der Waals surface area contributed by atoms with Crippen LogP contribution in [0.4, 0.5) is 4.39 Å². The minimum absolute atomic E-state index is 0.323. The Labute approximate surface area is 131 Å². The highest BCUT2D eigenvalue weighted by molar-refractivity contribution is 9.10. The van der Waals surface area contributed by atoms with Gasteiger partial charge in [-0.15, -0.1) is 5.10 Å². The predicted octanol–water partition coefficient (Wildman–Crippen LogP) is 2.81. The van der Waals surface area contributed by atoms with E-state index in [-0.39, 0.29) is 5.82 Å². The third-order valence-electron chi connectivity index (χ3n) is 3.22. The van der Waals surface area contributed by atoms with E-state index in [1.54, 1.807) is 23.9 Å². The van der Waals surface area contributed by atoms with E-state index < -0.39 is 6.04 Å². The van der Waals surface area contributed by atoms with Crippen molar-refractivity contribution in [3.63, 3.8) is 0 Å². The summed E-state index contributed by atoms with van der Waals surface area (Å²) in [4.78, 5) is 0. The highest BCUT2D eigenvalue weighted by atomic mass is 79.9. The molecular formula is C14H18BrFN4O. The molecule has 2 rings (SSSR count). The molecule has 5 nitrogen and oxygen atoms in total. The first kappa shape index (κ1) is 15.9. The van der Waals surface area contributed by atoms with Gasteiger partial charge in [-0.3, -0.25) is 0 Å². The molecule has 0 aliphatic heterocycles. The molecule has 2 aromatic rings. The average Bonchev–Trinajstić information content (AvgIpc) is 2.80. The number of hydrogen-bond acceptors (Lipinski definition) is 4. The second-order valence-electron chi connectivity index (χ2n) is 4.63. The summed E-state index contributed by atoms with van der Waals surface area (Å²) < 4.78 is 21.9. The van der Waals surface area contributed by atoms with Gasteiger partial charge in [0.15, 0.2) is 4.60 Å². The molecule has 0 saturated carbocycles. The number of aryl methyl sites for hydroxylation is 1. The number of benzene rings is 1. The van der Waals surface area contributed by atoms with Crippen LogP contribution in [0, 0.1) is 5.82 Å². The third kappa shape index (κ3) is 3.24. The minimum Gasteiger partial charge on any atom is -0.496 e. The predicted molar refractivity (Wildman–Crippen MR) is 81.8 cm³/mol. The van der Waals surface area contributed by atoms with E-state index in [9.17, 15) is 4.39 Å². The Balaban J connectivity index is 2.56. The van der Waals surface area contributed by atoms with Crippen LogP contribution in [0.3, 0.4) is 0 Å². The summed E-state index contributed by atoms with van der Waals surface area (Å²) in [5.74, 6) is 0.174. The summed E-state index contributed by atoms with van der Waals surface area (Å²) in [6, 6.07) is 4.41. The lowest BCUT2D eigenvalue weighted by Gasteiger charge is -2.22. The molecule has 1 aromatic carbocycles. The first-order valence-corrected chi connectivity index (χ1v) is 7.50. The van der Waals surface area contributed by atoms with Gasteiger partial charge in [0.2, 0.25) is 0 Å². The van der Waals surface area contributed by atoms with Gasteiger partial charge >= 0.3 is 0 Å². The quantitative estimate of drug-likeness (QED) is 0.864. The Hall–Kier alpha value is -1.47. The smallest absolute Gasteiger partial charge is 0.153 e. The maximum atomic E-state index is 14.4. The number of nitrogens with zero attached hydrogens (tertiary/aromatic N) is 3. The van der Waals surface area contributed by atoms with Crippen molar-refractivity contribution in [3.05, 3.63) is 39.9 Å². The molecule has 0 saturated heterocycles. The lowest BCUT2D eigenvalue weighted by atomic mass is 10.0. The second-order valence-corrected chi connectivity index (χ2v) is 5.38. The molecule has 7 heteroatoms. The van der Waals surface area contributed by atoms with E-state index in [2.05, 4.69) is 38.5 Å². The summed E-state index contributed by atoms with van der Waals surface area (Å²) >= 11 is 3.38. The summed E-state index contributed by atoms with van der Waals surface area (Å²) in [7, 11) is 3.31. The van der Waals surface area contributed by atoms with Crippen molar-refractivity contribution in [1.29, 1.82) is 0 Å². The number of hydrogen-bond donors (Lipinski definition) is 1. The van der Waals surface area contributed by atoms with Gasteiger partial charge < -0.3 is 10.1 Å². The molecule has 0 aliphatic rings. The van der Waals surface area contributed by atoms with Gasteiger partial charge in [-0.2, -0.15) is 0 Å². The van der Waals surface area contributed by atoms with E-state index in [1.165, 1.54) is 13.2 Å². The van der Waals surface area contributed by atoms with Gasteiger partial charge in [-0.05, 0) is 41.0 Å². The highest BCUT2D eigenvalue weighted by Crippen LogP contribution is 2.34. The van der Waals surface area contributed by atoms with Crippen LogP contribution in [-0.2, 0) is 7.05 Å². The number of ether oxygens (including phenoxy) is 1. The number of rotatable bonds is 6. The molecule has 1 N–H and O–H groups in total. The van der Waals surface area contributed by atoms with E-state index in [4.69, 9.17) is 4.74 Å². The van der Waals surface area contributed by atoms with Crippen molar-refractivity contribution < 1.29 is 9.13 Å². The molecule has 0 spiro atoms. The molecule has 0 amide bonds. The molecule has 0 radical (unpaired) electrons. The number of nitrogens with one attached hydrogen (secondary N) is 1. The number of aromatic nitrogens is 3. The van der Waals surface area contributed by atoms with Gasteiger partial charge in [0, 0.05) is 7.05 Å². The van der Waals surface area contributed by atoms with Crippen molar-refractivity contribution in [1.82, 2.24) is 20.3 Å².